The Morgan fingerprint density at radius 1 is 1.24 bits per heavy atom. The molecular weight excluding hydrogens is 416 g/mol. The number of carbonyl (C=O) groups excluding carboxylic acids is 1. The first kappa shape index (κ1) is 21.4. The third kappa shape index (κ3) is 4.15. The van der Waals surface area contributed by atoms with Gasteiger partial charge in [0.05, 0.1) is 47.6 Å². The summed E-state index contributed by atoms with van der Waals surface area (Å²) in [6, 6.07) is 2.41. The van der Waals surface area contributed by atoms with Crippen molar-refractivity contribution in [1.82, 2.24) is 29.3 Å². The number of allylic oxidation sites excluding steroid dienone is 1. The van der Waals surface area contributed by atoms with Crippen molar-refractivity contribution in [2.45, 2.75) is 51.6 Å². The first-order chi connectivity index (χ1) is 16.1. The predicted octanol–water partition coefficient (Wildman–Crippen LogP) is 2.95. The third-order valence-corrected chi connectivity index (χ3v) is 6.58. The molecule has 0 spiro atoms. The summed E-state index contributed by atoms with van der Waals surface area (Å²) in [5, 5.41) is 9.01. The summed E-state index contributed by atoms with van der Waals surface area (Å²) in [6.45, 7) is 5.69. The number of carbonyl (C=O) groups is 1. The zero-order valence-corrected chi connectivity index (χ0v) is 19.1. The number of nitrogens with zero attached hydrogens (tertiary/aromatic N) is 7. The van der Waals surface area contributed by atoms with E-state index in [9.17, 15) is 4.79 Å². The van der Waals surface area contributed by atoms with Crippen LogP contribution in [-0.4, -0.2) is 60.5 Å². The molecule has 1 amide bonds. The van der Waals surface area contributed by atoms with Crippen LogP contribution in [-0.2, 0) is 4.79 Å². The monoisotopic (exact) mass is 446 g/mol. The van der Waals surface area contributed by atoms with Crippen molar-refractivity contribution < 1.29 is 4.79 Å². The van der Waals surface area contributed by atoms with Crippen LogP contribution in [0.4, 0.5) is 0 Å². The van der Waals surface area contributed by atoms with Crippen molar-refractivity contribution in [1.29, 1.82) is 0 Å². The highest BCUT2D eigenvalue weighted by atomic mass is 16.2. The lowest BCUT2D eigenvalue weighted by atomic mass is 10.1. The van der Waals surface area contributed by atoms with Crippen LogP contribution < -0.4 is 5.73 Å². The van der Waals surface area contributed by atoms with Gasteiger partial charge >= 0.3 is 0 Å². The molecule has 0 unspecified atom stereocenters. The van der Waals surface area contributed by atoms with Gasteiger partial charge in [-0.2, -0.15) is 10.2 Å². The number of aliphatic imine (C=N–C) groups is 1. The number of rotatable bonds is 8. The van der Waals surface area contributed by atoms with Gasteiger partial charge in [0.1, 0.15) is 0 Å². The Morgan fingerprint density at radius 3 is 2.73 bits per heavy atom. The minimum atomic E-state index is 0.105. The van der Waals surface area contributed by atoms with E-state index in [0.717, 1.165) is 42.5 Å². The molecule has 2 fully saturated rings. The SMILES string of the molecule is CCC(CC)n1cc(-c2nc(C(C=NC3CN(C(=O)C4CC4)C3)=CN)cn3nccc23)cn1. The van der Waals surface area contributed by atoms with Crippen molar-refractivity contribution in [3.63, 3.8) is 0 Å². The van der Waals surface area contributed by atoms with Crippen molar-refractivity contribution in [3.05, 3.63) is 42.7 Å². The summed E-state index contributed by atoms with van der Waals surface area (Å²) >= 11 is 0. The molecule has 2 aliphatic rings. The van der Waals surface area contributed by atoms with Crippen LogP contribution in [0.25, 0.3) is 22.3 Å². The maximum Gasteiger partial charge on any atom is 0.225 e. The maximum absolute atomic E-state index is 12.1. The van der Waals surface area contributed by atoms with Gasteiger partial charge in [0.25, 0.3) is 0 Å². The van der Waals surface area contributed by atoms with E-state index in [0.29, 0.717) is 30.4 Å². The van der Waals surface area contributed by atoms with Gasteiger partial charge in [0.2, 0.25) is 5.91 Å². The van der Waals surface area contributed by atoms with Crippen LogP contribution in [0.5, 0.6) is 0 Å². The lowest BCUT2D eigenvalue weighted by Gasteiger charge is -2.37. The van der Waals surface area contributed by atoms with E-state index in [2.05, 4.69) is 35.2 Å². The van der Waals surface area contributed by atoms with E-state index >= 15 is 0 Å². The number of nitrogens with two attached hydrogens (primary N) is 1. The molecule has 5 rings (SSSR count). The number of hydrogen-bond acceptors (Lipinski definition) is 6. The van der Waals surface area contributed by atoms with Gasteiger partial charge < -0.3 is 10.6 Å². The van der Waals surface area contributed by atoms with Gasteiger partial charge in [-0.1, -0.05) is 13.8 Å². The summed E-state index contributed by atoms with van der Waals surface area (Å²) in [6.07, 6.45) is 14.9. The number of amides is 1. The largest absolute Gasteiger partial charge is 0.404 e. The molecule has 9 heteroatoms. The Labute approximate surface area is 193 Å². The highest BCUT2D eigenvalue weighted by Crippen LogP contribution is 2.33. The molecule has 3 aromatic rings. The van der Waals surface area contributed by atoms with Crippen molar-refractivity contribution in [2.75, 3.05) is 13.1 Å². The normalized spacial score (nSPS) is 17.4. The molecule has 1 aliphatic carbocycles. The molecule has 0 atom stereocenters. The van der Waals surface area contributed by atoms with Crippen LogP contribution in [0.2, 0.25) is 0 Å². The number of aromatic nitrogens is 5. The zero-order valence-electron chi connectivity index (χ0n) is 19.1. The molecule has 33 heavy (non-hydrogen) atoms. The first-order valence-corrected chi connectivity index (χ1v) is 11.7. The lowest BCUT2D eigenvalue weighted by molar-refractivity contribution is -0.136. The topological polar surface area (TPSA) is 107 Å². The molecular formula is C24H30N8O. The quantitative estimate of drug-likeness (QED) is 0.536. The number of likely N-dealkylation sites (tertiary alicyclic amines) is 1. The van der Waals surface area contributed by atoms with E-state index in [1.54, 1.807) is 12.4 Å². The summed E-state index contributed by atoms with van der Waals surface area (Å²) in [5.41, 5.74) is 10.0. The average Bonchev–Trinajstić information content (AvgIpc) is 3.34. The molecule has 0 aromatic carbocycles. The van der Waals surface area contributed by atoms with E-state index in [4.69, 9.17) is 10.7 Å². The predicted molar refractivity (Wildman–Crippen MR) is 128 cm³/mol. The van der Waals surface area contributed by atoms with Gasteiger partial charge in [-0.3, -0.25) is 14.5 Å². The van der Waals surface area contributed by atoms with E-state index in [1.165, 1.54) is 6.20 Å². The summed E-state index contributed by atoms with van der Waals surface area (Å²) < 4.78 is 3.83. The third-order valence-electron chi connectivity index (χ3n) is 6.58. The molecule has 1 saturated heterocycles. The molecule has 172 valence electrons. The molecule has 0 radical (unpaired) electrons. The number of fused-ring (bicyclic) bond motifs is 1. The van der Waals surface area contributed by atoms with Crippen molar-refractivity contribution >= 4 is 23.2 Å². The average molecular weight is 447 g/mol. The fourth-order valence-electron chi connectivity index (χ4n) is 4.30. The number of hydrogen-bond donors (Lipinski definition) is 1. The van der Waals surface area contributed by atoms with Crippen LogP contribution >= 0.6 is 0 Å². The molecule has 0 bridgehead atoms. The van der Waals surface area contributed by atoms with E-state index < -0.39 is 0 Å². The molecule has 4 heterocycles. The van der Waals surface area contributed by atoms with Gasteiger partial charge in [0, 0.05) is 48.8 Å². The Morgan fingerprint density at radius 2 is 2.03 bits per heavy atom. The minimum Gasteiger partial charge on any atom is -0.404 e. The standard InChI is InChI=1S/C24H30N8O/c1-3-20(4-2)31-12-18(11-28-31)23-22-7-8-27-32(22)15-21(29-23)17(9-25)10-26-19-13-30(14-19)24(33)16-5-6-16/h7-12,15-16,19-20H,3-6,13-14,25H2,1-2H3. The smallest absolute Gasteiger partial charge is 0.225 e. The molecule has 3 aromatic heterocycles. The van der Waals surface area contributed by atoms with Crippen LogP contribution in [0.15, 0.2) is 42.0 Å². The van der Waals surface area contributed by atoms with Crippen LogP contribution in [0.3, 0.4) is 0 Å². The fourth-order valence-corrected chi connectivity index (χ4v) is 4.30. The first-order valence-electron chi connectivity index (χ1n) is 11.7. The maximum atomic E-state index is 12.1. The van der Waals surface area contributed by atoms with Gasteiger partial charge in [-0.15, -0.1) is 0 Å². The van der Waals surface area contributed by atoms with Gasteiger partial charge in [-0.05, 0) is 31.7 Å². The van der Waals surface area contributed by atoms with Crippen molar-refractivity contribution in [3.8, 4) is 11.3 Å². The molecule has 9 nitrogen and oxygen atoms in total. The molecule has 1 saturated carbocycles. The summed E-state index contributed by atoms with van der Waals surface area (Å²) in [7, 11) is 0. The van der Waals surface area contributed by atoms with Crippen LogP contribution in [0.1, 0.15) is 51.3 Å². The van der Waals surface area contributed by atoms with Gasteiger partial charge in [-0.25, -0.2) is 9.50 Å². The Kier molecular flexibility index (Phi) is 5.70. The highest BCUT2D eigenvalue weighted by molar-refractivity contribution is 6.09. The minimum absolute atomic E-state index is 0.105. The van der Waals surface area contributed by atoms with Gasteiger partial charge in [0.15, 0.2) is 0 Å². The zero-order chi connectivity index (χ0) is 22.9. The summed E-state index contributed by atoms with van der Waals surface area (Å²) in [5.74, 6) is 0.535. The lowest BCUT2D eigenvalue weighted by Crippen LogP contribution is -2.53. The highest BCUT2D eigenvalue weighted by Gasteiger charge is 2.38. The fraction of sp³-hybridized carbons (Fsp3) is 0.458. The Bertz CT molecular complexity index is 1210. The second-order valence-electron chi connectivity index (χ2n) is 8.89. The second-order valence-corrected chi connectivity index (χ2v) is 8.89. The van der Waals surface area contributed by atoms with Crippen LogP contribution in [0, 0.1) is 5.92 Å². The van der Waals surface area contributed by atoms with Crippen molar-refractivity contribution in [2.24, 2.45) is 16.6 Å². The van der Waals surface area contributed by atoms with E-state index in [1.807, 2.05) is 32.6 Å². The Hall–Kier alpha value is -3.49. The van der Waals surface area contributed by atoms with E-state index in [-0.39, 0.29) is 17.9 Å². The second kappa shape index (κ2) is 8.80. The Balaban J connectivity index is 1.38. The summed E-state index contributed by atoms with van der Waals surface area (Å²) in [4.78, 5) is 23.6. The molecule has 2 N–H and O–H groups in total. The molecule has 1 aliphatic heterocycles.